The number of aryl methyl sites for hydroxylation is 2. The van der Waals surface area contributed by atoms with E-state index in [0.29, 0.717) is 6.04 Å². The van der Waals surface area contributed by atoms with Crippen LogP contribution in [0, 0.1) is 19.3 Å². The molecule has 1 N–H and O–H groups in total. The SMILES string of the molecule is CCNC(Cc1nc(C)c(C)s1)C(OCC)C(C)(C)C. The lowest BCUT2D eigenvalue weighted by molar-refractivity contribution is -0.0352. The number of rotatable bonds is 7. The summed E-state index contributed by atoms with van der Waals surface area (Å²) in [5.41, 5.74) is 1.27. The summed E-state index contributed by atoms with van der Waals surface area (Å²) in [7, 11) is 0. The summed E-state index contributed by atoms with van der Waals surface area (Å²) in [6.45, 7) is 16.9. The lowest BCUT2D eigenvalue weighted by Crippen LogP contribution is -2.49. The van der Waals surface area contributed by atoms with E-state index >= 15 is 0 Å². The Labute approximate surface area is 128 Å². The van der Waals surface area contributed by atoms with Crippen molar-refractivity contribution in [2.24, 2.45) is 5.41 Å². The van der Waals surface area contributed by atoms with Gasteiger partial charge in [-0.3, -0.25) is 0 Å². The average Bonchev–Trinajstić information content (AvgIpc) is 2.63. The summed E-state index contributed by atoms with van der Waals surface area (Å²) < 4.78 is 6.04. The van der Waals surface area contributed by atoms with Gasteiger partial charge in [0.05, 0.1) is 16.8 Å². The molecule has 116 valence electrons. The predicted molar refractivity (Wildman–Crippen MR) is 87.6 cm³/mol. The van der Waals surface area contributed by atoms with Crippen molar-refractivity contribution >= 4 is 11.3 Å². The van der Waals surface area contributed by atoms with Crippen molar-refractivity contribution in [1.82, 2.24) is 10.3 Å². The first-order valence-electron chi connectivity index (χ1n) is 7.57. The minimum absolute atomic E-state index is 0.115. The largest absolute Gasteiger partial charge is 0.376 e. The molecular weight excluding hydrogens is 268 g/mol. The van der Waals surface area contributed by atoms with E-state index in [0.717, 1.165) is 25.3 Å². The van der Waals surface area contributed by atoms with Crippen molar-refractivity contribution in [3.05, 3.63) is 15.6 Å². The molecule has 1 heterocycles. The first-order valence-corrected chi connectivity index (χ1v) is 8.39. The van der Waals surface area contributed by atoms with Crippen LogP contribution in [-0.2, 0) is 11.2 Å². The molecule has 20 heavy (non-hydrogen) atoms. The Kier molecular flexibility index (Phi) is 6.62. The highest BCUT2D eigenvalue weighted by atomic mass is 32.1. The lowest BCUT2D eigenvalue weighted by Gasteiger charge is -2.37. The van der Waals surface area contributed by atoms with Crippen LogP contribution in [0.4, 0.5) is 0 Å². The van der Waals surface area contributed by atoms with Crippen molar-refractivity contribution in [2.75, 3.05) is 13.2 Å². The maximum absolute atomic E-state index is 6.04. The Morgan fingerprint density at radius 2 is 1.90 bits per heavy atom. The molecule has 0 aromatic carbocycles. The molecule has 0 spiro atoms. The van der Waals surface area contributed by atoms with Gasteiger partial charge in [-0.1, -0.05) is 27.7 Å². The third-order valence-electron chi connectivity index (χ3n) is 3.50. The second-order valence-electron chi connectivity index (χ2n) is 6.36. The molecule has 0 aliphatic heterocycles. The van der Waals surface area contributed by atoms with Gasteiger partial charge >= 0.3 is 0 Å². The fraction of sp³-hybridized carbons (Fsp3) is 0.812. The minimum atomic E-state index is 0.115. The van der Waals surface area contributed by atoms with Gasteiger partial charge in [0.25, 0.3) is 0 Å². The van der Waals surface area contributed by atoms with Gasteiger partial charge in [0.15, 0.2) is 0 Å². The third kappa shape index (κ3) is 4.83. The van der Waals surface area contributed by atoms with E-state index in [1.54, 1.807) is 0 Å². The molecule has 0 bridgehead atoms. The van der Waals surface area contributed by atoms with Crippen LogP contribution in [-0.4, -0.2) is 30.3 Å². The smallest absolute Gasteiger partial charge is 0.0947 e. The van der Waals surface area contributed by atoms with Gasteiger partial charge in [0.2, 0.25) is 0 Å². The van der Waals surface area contributed by atoms with Gasteiger partial charge in [-0.2, -0.15) is 0 Å². The zero-order valence-electron chi connectivity index (χ0n) is 14.0. The fourth-order valence-corrected chi connectivity index (χ4v) is 3.50. The number of nitrogens with one attached hydrogen (secondary N) is 1. The maximum Gasteiger partial charge on any atom is 0.0947 e. The summed E-state index contributed by atoms with van der Waals surface area (Å²) >= 11 is 1.81. The molecule has 0 aliphatic rings. The quantitative estimate of drug-likeness (QED) is 0.833. The summed E-state index contributed by atoms with van der Waals surface area (Å²) in [6, 6.07) is 0.310. The van der Waals surface area contributed by atoms with Crippen LogP contribution < -0.4 is 5.32 Å². The highest BCUT2D eigenvalue weighted by Gasteiger charge is 2.33. The molecule has 0 aliphatic carbocycles. The first kappa shape index (κ1) is 17.6. The average molecular weight is 298 g/mol. The Bertz CT molecular complexity index is 390. The molecule has 0 amide bonds. The minimum Gasteiger partial charge on any atom is -0.376 e. The van der Waals surface area contributed by atoms with E-state index in [9.17, 15) is 0 Å². The molecule has 0 saturated carbocycles. The van der Waals surface area contributed by atoms with Crippen molar-refractivity contribution in [3.63, 3.8) is 0 Å². The van der Waals surface area contributed by atoms with Gasteiger partial charge < -0.3 is 10.1 Å². The van der Waals surface area contributed by atoms with Crippen LogP contribution in [0.25, 0.3) is 0 Å². The van der Waals surface area contributed by atoms with Crippen molar-refractivity contribution in [3.8, 4) is 0 Å². The lowest BCUT2D eigenvalue weighted by atomic mass is 9.83. The molecule has 1 aromatic rings. The first-order chi connectivity index (χ1) is 9.29. The van der Waals surface area contributed by atoms with Crippen molar-refractivity contribution < 1.29 is 4.74 Å². The van der Waals surface area contributed by atoms with Gasteiger partial charge in [0.1, 0.15) is 0 Å². The molecule has 0 fully saturated rings. The van der Waals surface area contributed by atoms with Gasteiger partial charge in [-0.15, -0.1) is 11.3 Å². The van der Waals surface area contributed by atoms with Crippen LogP contribution in [0.5, 0.6) is 0 Å². The molecular formula is C16H30N2OS. The van der Waals surface area contributed by atoms with Crippen LogP contribution in [0.3, 0.4) is 0 Å². The summed E-state index contributed by atoms with van der Waals surface area (Å²) in [5.74, 6) is 0. The monoisotopic (exact) mass is 298 g/mol. The van der Waals surface area contributed by atoms with E-state index in [-0.39, 0.29) is 11.5 Å². The van der Waals surface area contributed by atoms with Gasteiger partial charge in [-0.05, 0) is 32.7 Å². The third-order valence-corrected chi connectivity index (χ3v) is 4.59. The number of nitrogens with zero attached hydrogens (tertiary/aromatic N) is 1. The normalized spacial score (nSPS) is 15.3. The summed E-state index contributed by atoms with van der Waals surface area (Å²) in [4.78, 5) is 6.00. The molecule has 0 saturated heterocycles. The summed E-state index contributed by atoms with van der Waals surface area (Å²) in [6.07, 6.45) is 1.13. The van der Waals surface area contributed by atoms with Gasteiger partial charge in [0, 0.05) is 23.9 Å². The predicted octanol–water partition coefficient (Wildman–Crippen LogP) is 3.73. The fourth-order valence-electron chi connectivity index (χ4n) is 2.51. The number of likely N-dealkylation sites (N-methyl/N-ethyl adjacent to an activating group) is 1. The van der Waals surface area contributed by atoms with E-state index in [2.05, 4.69) is 58.8 Å². The molecule has 2 atom stereocenters. The number of ether oxygens (including phenoxy) is 1. The Morgan fingerprint density at radius 1 is 1.25 bits per heavy atom. The van der Waals surface area contributed by atoms with Gasteiger partial charge in [-0.25, -0.2) is 4.98 Å². The van der Waals surface area contributed by atoms with E-state index < -0.39 is 0 Å². The number of thiazole rings is 1. The standard InChI is InChI=1S/C16H30N2OS/c1-8-17-13(15(19-9-2)16(5,6)7)10-14-18-11(3)12(4)20-14/h13,15,17H,8-10H2,1-7H3. The Balaban J connectivity index is 2.90. The Morgan fingerprint density at radius 3 is 2.30 bits per heavy atom. The molecule has 4 heteroatoms. The van der Waals surface area contributed by atoms with Crippen LogP contribution >= 0.6 is 11.3 Å². The second kappa shape index (κ2) is 7.53. The zero-order chi connectivity index (χ0) is 15.3. The molecule has 3 nitrogen and oxygen atoms in total. The number of hydrogen-bond acceptors (Lipinski definition) is 4. The molecule has 1 aromatic heterocycles. The molecule has 1 rings (SSSR count). The van der Waals surface area contributed by atoms with Crippen LogP contribution in [0.15, 0.2) is 0 Å². The van der Waals surface area contributed by atoms with Crippen molar-refractivity contribution in [2.45, 2.75) is 67.0 Å². The highest BCUT2D eigenvalue weighted by Crippen LogP contribution is 2.28. The zero-order valence-corrected chi connectivity index (χ0v) is 14.9. The van der Waals surface area contributed by atoms with Crippen molar-refractivity contribution in [1.29, 1.82) is 0 Å². The van der Waals surface area contributed by atoms with E-state index in [1.165, 1.54) is 9.88 Å². The van der Waals surface area contributed by atoms with Crippen LogP contribution in [0.2, 0.25) is 0 Å². The van der Waals surface area contributed by atoms with E-state index in [1.807, 2.05) is 11.3 Å². The summed E-state index contributed by atoms with van der Waals surface area (Å²) in [5, 5.41) is 4.80. The Hall–Kier alpha value is -0.450. The molecule has 2 unspecified atom stereocenters. The van der Waals surface area contributed by atoms with E-state index in [4.69, 9.17) is 4.74 Å². The molecule has 0 radical (unpaired) electrons. The number of aromatic nitrogens is 1. The topological polar surface area (TPSA) is 34.2 Å². The van der Waals surface area contributed by atoms with Crippen LogP contribution in [0.1, 0.15) is 50.2 Å². The highest BCUT2D eigenvalue weighted by molar-refractivity contribution is 7.11. The maximum atomic E-state index is 6.04. The number of hydrogen-bond donors (Lipinski definition) is 1. The second-order valence-corrected chi connectivity index (χ2v) is 7.65.